The third-order valence-corrected chi connectivity index (χ3v) is 3.90. The van der Waals surface area contributed by atoms with Crippen LogP contribution in [0.15, 0.2) is 63.8 Å². The number of ether oxygens (including phenoxy) is 1. The van der Waals surface area contributed by atoms with Gasteiger partial charge in [0.15, 0.2) is 6.61 Å². The zero-order chi connectivity index (χ0) is 19.2. The Bertz CT molecular complexity index is 1020. The molecule has 7 heteroatoms. The van der Waals surface area contributed by atoms with Crippen molar-refractivity contribution >= 4 is 22.8 Å². The molecule has 3 rings (SSSR count). The highest BCUT2D eigenvalue weighted by Gasteiger charge is 2.08. The summed E-state index contributed by atoms with van der Waals surface area (Å²) in [5, 5.41) is 0.743. The van der Waals surface area contributed by atoms with Crippen LogP contribution < -0.4 is 21.2 Å². The molecule has 0 atom stereocenters. The fourth-order valence-electron chi connectivity index (χ4n) is 2.41. The highest BCUT2D eigenvalue weighted by Crippen LogP contribution is 2.19. The second kappa shape index (κ2) is 8.18. The van der Waals surface area contributed by atoms with Crippen molar-refractivity contribution in [3.63, 3.8) is 0 Å². The summed E-state index contributed by atoms with van der Waals surface area (Å²) < 4.78 is 10.4. The Kier molecular flexibility index (Phi) is 5.51. The Morgan fingerprint density at radius 2 is 1.74 bits per heavy atom. The highest BCUT2D eigenvalue weighted by molar-refractivity contribution is 5.95. The van der Waals surface area contributed by atoms with Crippen LogP contribution in [0.3, 0.4) is 0 Å². The number of rotatable bonds is 5. The summed E-state index contributed by atoms with van der Waals surface area (Å²) in [5.74, 6) is -0.574. The molecule has 7 nitrogen and oxygen atoms in total. The first kappa shape index (κ1) is 18.2. The zero-order valence-corrected chi connectivity index (χ0v) is 14.7. The standard InChI is InChI=1S/C20H18N2O5/c1-2-13-3-5-15(6-4-13)20(25)22-21-18(23)12-26-16-9-7-14-8-10-19(24)27-17(14)11-16/h3-11H,2,12H2,1H3,(H,21,23)(H,22,25). The van der Waals surface area contributed by atoms with Crippen molar-refractivity contribution in [2.75, 3.05) is 6.61 Å². The molecule has 27 heavy (non-hydrogen) atoms. The molecule has 2 N–H and O–H groups in total. The highest BCUT2D eigenvalue weighted by atomic mass is 16.5. The molecule has 0 saturated carbocycles. The van der Waals surface area contributed by atoms with Gasteiger partial charge in [-0.2, -0.15) is 0 Å². The molecule has 0 fully saturated rings. The molecule has 0 aliphatic carbocycles. The van der Waals surface area contributed by atoms with Gasteiger partial charge < -0.3 is 9.15 Å². The maximum Gasteiger partial charge on any atom is 0.336 e. The minimum absolute atomic E-state index is 0.308. The molecule has 3 aromatic rings. The monoisotopic (exact) mass is 366 g/mol. The van der Waals surface area contributed by atoms with Gasteiger partial charge in [-0.05, 0) is 42.3 Å². The van der Waals surface area contributed by atoms with Crippen LogP contribution in [0, 0.1) is 0 Å². The Morgan fingerprint density at radius 3 is 2.48 bits per heavy atom. The van der Waals surface area contributed by atoms with E-state index in [2.05, 4.69) is 10.9 Å². The molecule has 0 aliphatic heterocycles. The van der Waals surface area contributed by atoms with Crippen LogP contribution in [0.4, 0.5) is 0 Å². The molecular formula is C20H18N2O5. The van der Waals surface area contributed by atoms with Crippen molar-refractivity contribution in [1.82, 2.24) is 10.9 Å². The number of amides is 2. The maximum absolute atomic E-state index is 12.0. The zero-order valence-electron chi connectivity index (χ0n) is 14.7. The Hall–Kier alpha value is -3.61. The molecule has 2 amide bonds. The average Bonchev–Trinajstić information content (AvgIpc) is 2.70. The number of hydrogen-bond donors (Lipinski definition) is 2. The Labute approximate surface area is 154 Å². The number of hydrogen-bond acceptors (Lipinski definition) is 5. The molecular weight excluding hydrogens is 348 g/mol. The fourth-order valence-corrected chi connectivity index (χ4v) is 2.41. The van der Waals surface area contributed by atoms with E-state index in [4.69, 9.17) is 9.15 Å². The molecule has 0 spiro atoms. The smallest absolute Gasteiger partial charge is 0.336 e. The van der Waals surface area contributed by atoms with Crippen molar-refractivity contribution in [3.8, 4) is 5.75 Å². The third-order valence-electron chi connectivity index (χ3n) is 3.90. The van der Waals surface area contributed by atoms with Crippen molar-refractivity contribution in [2.24, 2.45) is 0 Å². The van der Waals surface area contributed by atoms with Gasteiger partial charge in [0, 0.05) is 23.1 Å². The van der Waals surface area contributed by atoms with Crippen LogP contribution in [0.25, 0.3) is 11.0 Å². The largest absolute Gasteiger partial charge is 0.484 e. The number of fused-ring (bicyclic) bond motifs is 1. The van der Waals surface area contributed by atoms with Crippen molar-refractivity contribution in [1.29, 1.82) is 0 Å². The van der Waals surface area contributed by atoms with Crippen molar-refractivity contribution in [2.45, 2.75) is 13.3 Å². The number of hydrazine groups is 1. The molecule has 0 aliphatic rings. The van der Waals surface area contributed by atoms with Crippen LogP contribution in [-0.4, -0.2) is 18.4 Å². The van der Waals surface area contributed by atoms with Gasteiger partial charge in [-0.15, -0.1) is 0 Å². The molecule has 1 heterocycles. The van der Waals surface area contributed by atoms with Gasteiger partial charge in [0.25, 0.3) is 11.8 Å². The van der Waals surface area contributed by atoms with Crippen molar-refractivity contribution < 1.29 is 18.7 Å². The lowest BCUT2D eigenvalue weighted by molar-refractivity contribution is -0.123. The summed E-state index contributed by atoms with van der Waals surface area (Å²) in [7, 11) is 0. The molecule has 138 valence electrons. The van der Waals surface area contributed by atoms with E-state index in [0.29, 0.717) is 16.9 Å². The molecule has 0 bridgehead atoms. The van der Waals surface area contributed by atoms with Crippen LogP contribution in [0.5, 0.6) is 5.75 Å². The summed E-state index contributed by atoms with van der Waals surface area (Å²) in [4.78, 5) is 35.1. The number of nitrogens with one attached hydrogen (secondary N) is 2. The van der Waals surface area contributed by atoms with Crippen molar-refractivity contribution in [3.05, 3.63) is 76.1 Å². The third kappa shape index (κ3) is 4.72. The molecule has 1 aromatic heterocycles. The van der Waals surface area contributed by atoms with Crippen LogP contribution in [0.2, 0.25) is 0 Å². The Balaban J connectivity index is 1.51. The Morgan fingerprint density at radius 1 is 1.00 bits per heavy atom. The van der Waals surface area contributed by atoms with E-state index >= 15 is 0 Å². The summed E-state index contributed by atoms with van der Waals surface area (Å²) >= 11 is 0. The number of carbonyl (C=O) groups excluding carboxylic acids is 2. The summed E-state index contributed by atoms with van der Waals surface area (Å²) in [6, 6.07) is 15.0. The predicted octanol–water partition coefficient (Wildman–Crippen LogP) is 2.20. The van der Waals surface area contributed by atoms with E-state index in [1.807, 2.05) is 19.1 Å². The van der Waals surface area contributed by atoms with Crippen LogP contribution in [-0.2, 0) is 11.2 Å². The van der Waals surface area contributed by atoms with Gasteiger partial charge in [0.05, 0.1) is 0 Å². The lowest BCUT2D eigenvalue weighted by atomic mass is 10.1. The minimum Gasteiger partial charge on any atom is -0.484 e. The lowest BCUT2D eigenvalue weighted by Gasteiger charge is -2.09. The number of benzene rings is 2. The van der Waals surface area contributed by atoms with E-state index in [1.54, 1.807) is 30.3 Å². The topological polar surface area (TPSA) is 97.6 Å². The normalized spacial score (nSPS) is 10.4. The molecule has 0 unspecified atom stereocenters. The second-order valence-corrected chi connectivity index (χ2v) is 5.80. The van der Waals surface area contributed by atoms with Crippen LogP contribution >= 0.6 is 0 Å². The molecule has 2 aromatic carbocycles. The second-order valence-electron chi connectivity index (χ2n) is 5.80. The van der Waals surface area contributed by atoms with E-state index in [1.165, 1.54) is 12.1 Å². The van der Waals surface area contributed by atoms with E-state index in [-0.39, 0.29) is 6.61 Å². The first-order chi connectivity index (χ1) is 13.0. The first-order valence-corrected chi connectivity index (χ1v) is 8.40. The molecule has 0 saturated heterocycles. The summed E-state index contributed by atoms with van der Waals surface area (Å²) in [6.45, 7) is 1.72. The average molecular weight is 366 g/mol. The fraction of sp³-hybridized carbons (Fsp3) is 0.150. The number of aryl methyl sites for hydroxylation is 1. The molecule has 0 radical (unpaired) electrons. The first-order valence-electron chi connectivity index (χ1n) is 8.40. The quantitative estimate of drug-likeness (QED) is 0.533. The minimum atomic E-state index is -0.525. The maximum atomic E-state index is 12.0. The lowest BCUT2D eigenvalue weighted by Crippen LogP contribution is -2.43. The summed E-state index contributed by atoms with van der Waals surface area (Å²) in [5.41, 5.74) is 6.08. The van der Waals surface area contributed by atoms with Gasteiger partial charge >= 0.3 is 5.63 Å². The van der Waals surface area contributed by atoms with Gasteiger partial charge in [-0.3, -0.25) is 20.4 Å². The van der Waals surface area contributed by atoms with Gasteiger partial charge in [0.2, 0.25) is 0 Å². The predicted molar refractivity (Wildman–Crippen MR) is 99.4 cm³/mol. The van der Waals surface area contributed by atoms with Gasteiger partial charge in [0.1, 0.15) is 11.3 Å². The summed E-state index contributed by atoms with van der Waals surface area (Å²) in [6.07, 6.45) is 0.883. The van der Waals surface area contributed by atoms with E-state index in [9.17, 15) is 14.4 Å². The SMILES string of the molecule is CCc1ccc(C(=O)NNC(=O)COc2ccc3ccc(=O)oc3c2)cc1. The van der Waals surface area contributed by atoms with Gasteiger partial charge in [-0.25, -0.2) is 4.79 Å². The van der Waals surface area contributed by atoms with Gasteiger partial charge in [-0.1, -0.05) is 19.1 Å². The number of carbonyl (C=O) groups is 2. The van der Waals surface area contributed by atoms with Crippen LogP contribution in [0.1, 0.15) is 22.8 Å². The van der Waals surface area contributed by atoms with E-state index < -0.39 is 17.4 Å². The van der Waals surface area contributed by atoms with E-state index in [0.717, 1.165) is 17.4 Å².